The van der Waals surface area contributed by atoms with Crippen molar-refractivity contribution >= 4 is 22.8 Å². The van der Waals surface area contributed by atoms with Gasteiger partial charge in [0, 0.05) is 49.4 Å². The first-order chi connectivity index (χ1) is 12.2. The Labute approximate surface area is 145 Å². The number of hydrogen-bond acceptors (Lipinski definition) is 4. The molecule has 1 amide bonds. The molecular formula is C18H20N6O. The number of carbonyl (C=O) groups is 1. The van der Waals surface area contributed by atoms with Crippen LogP contribution in [0.1, 0.15) is 18.9 Å². The molecule has 1 aliphatic heterocycles. The summed E-state index contributed by atoms with van der Waals surface area (Å²) < 4.78 is 4.00. The molecule has 128 valence electrons. The van der Waals surface area contributed by atoms with Crippen molar-refractivity contribution in [3.05, 3.63) is 30.7 Å². The molecule has 7 heteroatoms. The highest BCUT2D eigenvalue weighted by Gasteiger charge is 2.30. The summed E-state index contributed by atoms with van der Waals surface area (Å²) in [5, 5.41) is 11.8. The smallest absolute Gasteiger partial charge is 0.228 e. The van der Waals surface area contributed by atoms with Crippen LogP contribution in [0.2, 0.25) is 0 Å². The number of rotatable bonds is 4. The third-order valence-corrected chi connectivity index (χ3v) is 5.08. The van der Waals surface area contributed by atoms with E-state index in [4.69, 9.17) is 0 Å². The van der Waals surface area contributed by atoms with Gasteiger partial charge < -0.3 is 15.2 Å². The lowest BCUT2D eigenvalue weighted by molar-refractivity contribution is -0.117. The Hall–Kier alpha value is -2.67. The molecule has 1 saturated heterocycles. The summed E-state index contributed by atoms with van der Waals surface area (Å²) in [6.45, 7) is 1.92. The molecule has 0 aromatic carbocycles. The zero-order valence-electron chi connectivity index (χ0n) is 14.1. The number of amides is 1. The van der Waals surface area contributed by atoms with Gasteiger partial charge in [0.1, 0.15) is 11.5 Å². The minimum atomic E-state index is 0.0725. The van der Waals surface area contributed by atoms with Crippen LogP contribution in [0.25, 0.3) is 22.2 Å². The molecule has 3 aromatic heterocycles. The van der Waals surface area contributed by atoms with E-state index < -0.39 is 0 Å². The zero-order valence-corrected chi connectivity index (χ0v) is 14.1. The second-order valence-corrected chi connectivity index (χ2v) is 7.00. The fourth-order valence-electron chi connectivity index (χ4n) is 3.25. The highest BCUT2D eigenvalue weighted by atomic mass is 16.2. The fraction of sp³-hybridized carbons (Fsp3) is 0.389. The van der Waals surface area contributed by atoms with E-state index in [9.17, 15) is 4.79 Å². The van der Waals surface area contributed by atoms with Gasteiger partial charge in [-0.1, -0.05) is 0 Å². The summed E-state index contributed by atoms with van der Waals surface area (Å²) in [6, 6.07) is 4.45. The van der Waals surface area contributed by atoms with E-state index in [0.717, 1.165) is 48.1 Å². The van der Waals surface area contributed by atoms with Crippen molar-refractivity contribution in [2.24, 2.45) is 13.0 Å². The van der Waals surface area contributed by atoms with Crippen molar-refractivity contribution in [1.82, 2.24) is 24.6 Å². The standard InChI is InChI=1S/C18H20N6O/c1-23-5-4-14-15(12-7-20-24(10-12)13-8-19-9-13)6-16(21-17(14)23)22-18(25)11-2-3-11/h4-7,10-11,13,19H,2-3,8-9H2,1H3,(H,21,22,25). The summed E-state index contributed by atoms with van der Waals surface area (Å²) in [5.41, 5.74) is 2.96. The first-order valence-corrected chi connectivity index (χ1v) is 8.71. The maximum Gasteiger partial charge on any atom is 0.228 e. The molecule has 0 radical (unpaired) electrons. The van der Waals surface area contributed by atoms with E-state index in [1.807, 2.05) is 34.8 Å². The Kier molecular flexibility index (Phi) is 3.18. The van der Waals surface area contributed by atoms with Gasteiger partial charge in [-0.05, 0) is 30.5 Å². The lowest BCUT2D eigenvalue weighted by Crippen LogP contribution is -2.43. The van der Waals surface area contributed by atoms with Crippen LogP contribution in [0.4, 0.5) is 5.82 Å². The summed E-state index contributed by atoms with van der Waals surface area (Å²) in [6.07, 6.45) is 7.93. The molecule has 25 heavy (non-hydrogen) atoms. The number of aryl methyl sites for hydroxylation is 1. The fourth-order valence-corrected chi connectivity index (χ4v) is 3.25. The maximum absolute atomic E-state index is 12.1. The van der Waals surface area contributed by atoms with Crippen LogP contribution in [0, 0.1) is 5.92 Å². The van der Waals surface area contributed by atoms with Gasteiger partial charge in [-0.25, -0.2) is 4.98 Å². The largest absolute Gasteiger partial charge is 0.335 e. The Morgan fingerprint density at radius 2 is 2.20 bits per heavy atom. The van der Waals surface area contributed by atoms with Crippen LogP contribution in [0.3, 0.4) is 0 Å². The molecule has 4 heterocycles. The maximum atomic E-state index is 12.1. The number of anilines is 1. The van der Waals surface area contributed by atoms with Crippen LogP contribution >= 0.6 is 0 Å². The Bertz CT molecular complexity index is 963. The van der Waals surface area contributed by atoms with Gasteiger partial charge in [0.2, 0.25) is 5.91 Å². The predicted molar refractivity (Wildman–Crippen MR) is 95.2 cm³/mol. The molecular weight excluding hydrogens is 316 g/mol. The molecule has 1 aliphatic carbocycles. The second kappa shape index (κ2) is 5.42. The lowest BCUT2D eigenvalue weighted by Gasteiger charge is -2.27. The average molecular weight is 336 g/mol. The van der Waals surface area contributed by atoms with Crippen LogP contribution in [-0.2, 0) is 11.8 Å². The average Bonchev–Trinajstić information content (AvgIpc) is 3.20. The predicted octanol–water partition coefficient (Wildman–Crippen LogP) is 1.93. The minimum Gasteiger partial charge on any atom is -0.335 e. The quantitative estimate of drug-likeness (QED) is 0.763. The van der Waals surface area contributed by atoms with Crippen LogP contribution in [0.5, 0.6) is 0 Å². The van der Waals surface area contributed by atoms with Crippen molar-refractivity contribution < 1.29 is 4.79 Å². The molecule has 1 saturated carbocycles. The molecule has 5 rings (SSSR count). The molecule has 7 nitrogen and oxygen atoms in total. The number of nitrogens with zero attached hydrogens (tertiary/aromatic N) is 4. The number of aromatic nitrogens is 4. The van der Waals surface area contributed by atoms with E-state index in [1.54, 1.807) is 0 Å². The van der Waals surface area contributed by atoms with E-state index in [0.29, 0.717) is 11.9 Å². The van der Waals surface area contributed by atoms with Gasteiger partial charge in [0.05, 0.1) is 12.2 Å². The van der Waals surface area contributed by atoms with E-state index in [-0.39, 0.29) is 11.8 Å². The molecule has 2 fully saturated rings. The number of carbonyl (C=O) groups excluding carboxylic acids is 1. The van der Waals surface area contributed by atoms with Gasteiger partial charge in [0.25, 0.3) is 0 Å². The monoisotopic (exact) mass is 336 g/mol. The molecule has 0 spiro atoms. The van der Waals surface area contributed by atoms with Crippen LogP contribution < -0.4 is 10.6 Å². The summed E-state index contributed by atoms with van der Waals surface area (Å²) >= 11 is 0. The molecule has 2 N–H and O–H groups in total. The van der Waals surface area contributed by atoms with Crippen molar-refractivity contribution in [3.63, 3.8) is 0 Å². The second-order valence-electron chi connectivity index (χ2n) is 7.00. The van der Waals surface area contributed by atoms with E-state index >= 15 is 0 Å². The van der Waals surface area contributed by atoms with Crippen LogP contribution in [0.15, 0.2) is 30.7 Å². The molecule has 0 bridgehead atoms. The van der Waals surface area contributed by atoms with E-state index in [1.165, 1.54) is 0 Å². The number of hydrogen-bond donors (Lipinski definition) is 2. The van der Waals surface area contributed by atoms with Crippen molar-refractivity contribution in [1.29, 1.82) is 0 Å². The van der Waals surface area contributed by atoms with Gasteiger partial charge in [-0.15, -0.1) is 0 Å². The minimum absolute atomic E-state index is 0.0725. The van der Waals surface area contributed by atoms with Crippen molar-refractivity contribution in [3.8, 4) is 11.1 Å². The SMILES string of the molecule is Cn1ccc2c(-c3cnn(C4CNC4)c3)cc(NC(=O)C3CC3)nc21. The molecule has 0 unspecified atom stereocenters. The molecule has 2 aliphatic rings. The first kappa shape index (κ1) is 14.7. The van der Waals surface area contributed by atoms with Gasteiger partial charge >= 0.3 is 0 Å². The van der Waals surface area contributed by atoms with E-state index in [2.05, 4.69) is 33.0 Å². The normalized spacial score (nSPS) is 17.6. The number of fused-ring (bicyclic) bond motifs is 1. The summed E-state index contributed by atoms with van der Waals surface area (Å²) in [7, 11) is 1.97. The molecule has 0 atom stereocenters. The Morgan fingerprint density at radius 3 is 2.92 bits per heavy atom. The first-order valence-electron chi connectivity index (χ1n) is 8.71. The summed E-state index contributed by atoms with van der Waals surface area (Å²) in [4.78, 5) is 16.8. The van der Waals surface area contributed by atoms with Crippen LogP contribution in [-0.4, -0.2) is 38.3 Å². The van der Waals surface area contributed by atoms with Gasteiger partial charge in [-0.2, -0.15) is 5.10 Å². The topological polar surface area (TPSA) is 76.8 Å². The highest BCUT2D eigenvalue weighted by Crippen LogP contribution is 2.33. The van der Waals surface area contributed by atoms with Gasteiger partial charge in [-0.3, -0.25) is 9.48 Å². The third kappa shape index (κ3) is 2.51. The Balaban J connectivity index is 1.57. The number of pyridine rings is 1. The van der Waals surface area contributed by atoms with Crippen molar-refractivity contribution in [2.45, 2.75) is 18.9 Å². The molecule has 3 aromatic rings. The zero-order chi connectivity index (χ0) is 17.0. The third-order valence-electron chi connectivity index (χ3n) is 5.08. The Morgan fingerprint density at radius 1 is 1.36 bits per heavy atom. The van der Waals surface area contributed by atoms with Crippen molar-refractivity contribution in [2.75, 3.05) is 18.4 Å². The lowest BCUT2D eigenvalue weighted by atomic mass is 10.1. The van der Waals surface area contributed by atoms with Gasteiger partial charge in [0.15, 0.2) is 0 Å². The number of nitrogens with one attached hydrogen (secondary N) is 2. The summed E-state index contributed by atoms with van der Waals surface area (Å²) in [5.74, 6) is 0.839. The highest BCUT2D eigenvalue weighted by molar-refractivity contribution is 5.99.